The van der Waals surface area contributed by atoms with Gasteiger partial charge in [0.05, 0.1) is 18.4 Å². The summed E-state index contributed by atoms with van der Waals surface area (Å²) < 4.78 is 47.0. The number of benzene rings is 2. The Morgan fingerprint density at radius 1 is 1.21 bits per heavy atom. The highest BCUT2D eigenvalue weighted by Crippen LogP contribution is 2.27. The lowest BCUT2D eigenvalue weighted by molar-refractivity contribution is -0.274. The summed E-state index contributed by atoms with van der Waals surface area (Å²) >= 11 is 0. The number of azide groups is 1. The molecule has 0 fully saturated rings. The summed E-state index contributed by atoms with van der Waals surface area (Å²) in [6.45, 7) is 0. The van der Waals surface area contributed by atoms with Gasteiger partial charge in [-0.2, -0.15) is 0 Å². The zero-order valence-electron chi connectivity index (χ0n) is 14.7. The van der Waals surface area contributed by atoms with E-state index >= 15 is 0 Å². The lowest BCUT2D eigenvalue weighted by Gasteiger charge is -2.09. The Morgan fingerprint density at radius 2 is 1.93 bits per heavy atom. The molecule has 2 aromatic carbocycles. The molecule has 0 aliphatic heterocycles. The van der Waals surface area contributed by atoms with Crippen LogP contribution in [0.1, 0.15) is 10.4 Å². The quantitative estimate of drug-likeness (QED) is 0.357. The van der Waals surface area contributed by atoms with Crippen LogP contribution in [0.4, 0.5) is 13.2 Å². The van der Waals surface area contributed by atoms with Crippen molar-refractivity contribution in [3.8, 4) is 28.6 Å². The molecule has 3 aromatic rings. The van der Waals surface area contributed by atoms with Gasteiger partial charge in [0, 0.05) is 10.5 Å². The van der Waals surface area contributed by atoms with Gasteiger partial charge in [0.15, 0.2) is 5.82 Å². The van der Waals surface area contributed by atoms with E-state index in [1.165, 1.54) is 42.4 Å². The van der Waals surface area contributed by atoms with Crippen LogP contribution in [-0.4, -0.2) is 34.1 Å². The van der Waals surface area contributed by atoms with E-state index < -0.39 is 12.3 Å². The van der Waals surface area contributed by atoms with E-state index in [0.717, 1.165) is 12.1 Å². The smallest absolute Gasteiger partial charge is 0.496 e. The lowest BCUT2D eigenvalue weighted by Crippen LogP contribution is -2.17. The Bertz CT molecular complexity index is 1090. The largest absolute Gasteiger partial charge is 0.573 e. The second-order valence-electron chi connectivity index (χ2n) is 5.46. The summed E-state index contributed by atoms with van der Waals surface area (Å²) in [7, 11) is 1.35. The molecule has 0 aliphatic rings. The topological polar surface area (TPSA) is 115 Å². The number of hydrogen-bond acceptors (Lipinski definition) is 5. The number of ether oxygens (including phenoxy) is 2. The first-order valence-electron chi connectivity index (χ1n) is 7.86. The molecule has 0 aliphatic carbocycles. The van der Waals surface area contributed by atoms with Gasteiger partial charge < -0.3 is 9.47 Å². The molecule has 0 saturated heterocycles. The molecule has 12 heteroatoms. The fraction of sp³-hybridized carbons (Fsp3) is 0.118. The number of halogens is 3. The molecular weight excluding hydrogens is 393 g/mol. The molecule has 0 radical (unpaired) electrons. The molecule has 29 heavy (non-hydrogen) atoms. The first-order valence-corrected chi connectivity index (χ1v) is 7.86. The third kappa shape index (κ3) is 4.62. The summed E-state index contributed by atoms with van der Waals surface area (Å²) in [5, 5.41) is 7.29. The fourth-order valence-electron chi connectivity index (χ4n) is 2.42. The van der Waals surface area contributed by atoms with Crippen LogP contribution in [-0.2, 0) is 0 Å². The van der Waals surface area contributed by atoms with E-state index in [-0.39, 0.29) is 22.9 Å². The Morgan fingerprint density at radius 3 is 2.55 bits per heavy atom. The van der Waals surface area contributed by atoms with Crippen LogP contribution < -0.4 is 9.47 Å². The lowest BCUT2D eigenvalue weighted by atomic mass is 10.1. The van der Waals surface area contributed by atoms with Crippen molar-refractivity contribution in [1.82, 2.24) is 14.8 Å². The molecule has 0 N–H and O–H groups in total. The molecule has 1 amide bonds. The number of carbonyl (C=O) groups is 1. The summed E-state index contributed by atoms with van der Waals surface area (Å²) in [4.78, 5) is 18.4. The van der Waals surface area contributed by atoms with Crippen molar-refractivity contribution in [3.05, 3.63) is 64.8 Å². The minimum Gasteiger partial charge on any atom is -0.496 e. The number of alkyl halides is 3. The van der Waals surface area contributed by atoms with Crippen molar-refractivity contribution in [2.75, 3.05) is 7.11 Å². The number of aromatic nitrogens is 3. The van der Waals surface area contributed by atoms with Crippen LogP contribution >= 0.6 is 0 Å². The van der Waals surface area contributed by atoms with Gasteiger partial charge in [0.2, 0.25) is 0 Å². The molecule has 3 rings (SSSR count). The third-order valence-electron chi connectivity index (χ3n) is 3.65. The zero-order chi connectivity index (χ0) is 21.0. The van der Waals surface area contributed by atoms with E-state index in [0.29, 0.717) is 11.3 Å². The maximum Gasteiger partial charge on any atom is 0.573 e. The number of hydrogen-bond donors (Lipinski definition) is 0. The first kappa shape index (κ1) is 19.7. The van der Waals surface area contributed by atoms with Gasteiger partial charge in [-0.3, -0.25) is 4.79 Å². The van der Waals surface area contributed by atoms with Crippen molar-refractivity contribution < 1.29 is 27.4 Å². The second-order valence-corrected chi connectivity index (χ2v) is 5.46. The molecule has 148 valence electrons. The number of carbonyl (C=O) groups excluding carboxylic acids is 1. The maximum absolute atomic E-state index is 12.2. The predicted molar refractivity (Wildman–Crippen MR) is 93.5 cm³/mol. The molecule has 0 unspecified atom stereocenters. The van der Waals surface area contributed by atoms with Crippen molar-refractivity contribution >= 4 is 5.91 Å². The summed E-state index contributed by atoms with van der Waals surface area (Å²) in [5.74, 6) is -0.700. The van der Waals surface area contributed by atoms with Gasteiger partial charge in [-0.05, 0) is 47.0 Å². The first-order chi connectivity index (χ1) is 13.8. The fourth-order valence-corrected chi connectivity index (χ4v) is 2.42. The molecule has 0 atom stereocenters. The molecule has 0 saturated carbocycles. The van der Waals surface area contributed by atoms with Crippen LogP contribution in [0.2, 0.25) is 0 Å². The Kier molecular flexibility index (Phi) is 5.37. The van der Waals surface area contributed by atoms with E-state index in [9.17, 15) is 18.0 Å². The summed E-state index contributed by atoms with van der Waals surface area (Å²) in [6.07, 6.45) is -3.40. The van der Waals surface area contributed by atoms with Crippen LogP contribution in [0.15, 0.2) is 53.9 Å². The van der Waals surface area contributed by atoms with E-state index in [4.69, 9.17) is 10.3 Å². The molecule has 9 nitrogen and oxygen atoms in total. The Balaban J connectivity index is 1.86. The van der Waals surface area contributed by atoms with Crippen LogP contribution in [0.3, 0.4) is 0 Å². The zero-order valence-corrected chi connectivity index (χ0v) is 14.7. The van der Waals surface area contributed by atoms with Crippen molar-refractivity contribution in [1.29, 1.82) is 0 Å². The summed E-state index contributed by atoms with van der Waals surface area (Å²) in [5.41, 5.74) is 9.43. The number of methoxy groups -OCH3 is 1. The summed E-state index contributed by atoms with van der Waals surface area (Å²) in [6, 6.07) is 9.55. The van der Waals surface area contributed by atoms with Gasteiger partial charge >= 0.3 is 6.36 Å². The van der Waals surface area contributed by atoms with Crippen LogP contribution in [0.25, 0.3) is 27.5 Å². The molecule has 0 bridgehead atoms. The van der Waals surface area contributed by atoms with Gasteiger partial charge in [-0.25, -0.2) is 9.67 Å². The highest BCUT2D eigenvalue weighted by molar-refractivity contribution is 5.98. The van der Waals surface area contributed by atoms with Gasteiger partial charge in [-0.15, -0.1) is 18.3 Å². The van der Waals surface area contributed by atoms with Crippen molar-refractivity contribution in [2.24, 2.45) is 5.11 Å². The molecular formula is C17H11F3N6O3. The minimum atomic E-state index is -4.77. The Hall–Kier alpha value is -4.05. The monoisotopic (exact) mass is 404 g/mol. The predicted octanol–water partition coefficient (Wildman–Crippen LogP) is 4.29. The molecule has 1 heterocycles. The van der Waals surface area contributed by atoms with E-state index in [1.54, 1.807) is 6.07 Å². The number of amides is 1. The Labute approximate surface area is 160 Å². The highest BCUT2D eigenvalue weighted by atomic mass is 19.4. The van der Waals surface area contributed by atoms with Crippen LogP contribution in [0.5, 0.6) is 11.5 Å². The standard InChI is InChI=1S/C17H11F3N6O3/c1-28-14-8-10(2-7-13(14)16(27)23-25-21)15-22-9-26(24-15)11-3-5-12(6-4-11)29-17(18,19)20/h2-9H,1H3. The van der Waals surface area contributed by atoms with Gasteiger partial charge in [0.25, 0.3) is 5.91 Å². The van der Waals surface area contributed by atoms with Crippen molar-refractivity contribution in [3.63, 3.8) is 0 Å². The number of nitrogens with zero attached hydrogens (tertiary/aromatic N) is 6. The molecule has 0 spiro atoms. The van der Waals surface area contributed by atoms with Crippen molar-refractivity contribution in [2.45, 2.75) is 6.36 Å². The van der Waals surface area contributed by atoms with Gasteiger partial charge in [0.1, 0.15) is 17.8 Å². The third-order valence-corrected chi connectivity index (χ3v) is 3.65. The molecule has 1 aromatic heterocycles. The average Bonchev–Trinajstić information content (AvgIpc) is 3.17. The SMILES string of the molecule is COc1cc(-c2ncn(-c3ccc(OC(F)(F)F)cc3)n2)ccc1C(=O)N=[N+]=[N-]. The van der Waals surface area contributed by atoms with Crippen LogP contribution in [0, 0.1) is 0 Å². The van der Waals surface area contributed by atoms with E-state index in [1.807, 2.05) is 0 Å². The second kappa shape index (κ2) is 7.90. The average molecular weight is 404 g/mol. The minimum absolute atomic E-state index is 0.0775. The number of rotatable bonds is 5. The highest BCUT2D eigenvalue weighted by Gasteiger charge is 2.31. The van der Waals surface area contributed by atoms with Gasteiger partial charge in [-0.1, -0.05) is 6.07 Å². The van der Waals surface area contributed by atoms with E-state index in [2.05, 4.69) is 24.8 Å². The maximum atomic E-state index is 12.2. The normalized spacial score (nSPS) is 10.9.